The van der Waals surface area contributed by atoms with E-state index in [0.29, 0.717) is 12.8 Å². The molecule has 1 aliphatic heterocycles. The van der Waals surface area contributed by atoms with Crippen molar-refractivity contribution >= 4 is 29.0 Å². The second-order valence-corrected chi connectivity index (χ2v) is 14.8. The quantitative estimate of drug-likeness (QED) is 0.401. The number of anilines is 1. The summed E-state index contributed by atoms with van der Waals surface area (Å²) in [6, 6.07) is 15.7. The highest BCUT2D eigenvalue weighted by atomic mass is 32.2. The molecule has 1 saturated heterocycles. The van der Waals surface area contributed by atoms with E-state index in [2.05, 4.69) is 13.8 Å². The van der Waals surface area contributed by atoms with Crippen molar-refractivity contribution in [2.45, 2.75) is 79.8 Å². The van der Waals surface area contributed by atoms with Crippen LogP contribution in [-0.4, -0.2) is 46.2 Å². The van der Waals surface area contributed by atoms with Gasteiger partial charge in [0, 0.05) is 37.8 Å². The molecule has 9 atom stereocenters. The molecule has 2 aromatic rings. The van der Waals surface area contributed by atoms with Gasteiger partial charge in [0.2, 0.25) is 0 Å². The Balaban J connectivity index is 1.20. The molecule has 4 aliphatic carbocycles. The third-order valence-electron chi connectivity index (χ3n) is 11.4. The first-order valence-electron chi connectivity index (χ1n) is 15.2. The van der Waals surface area contributed by atoms with Crippen molar-refractivity contribution in [2.75, 3.05) is 12.3 Å². The highest BCUT2D eigenvalue weighted by molar-refractivity contribution is 7.99. The number of fused-ring (bicyclic) bond motifs is 7. The number of benzene rings is 2. The predicted octanol–water partition coefficient (Wildman–Crippen LogP) is 5.20. The summed E-state index contributed by atoms with van der Waals surface area (Å²) in [6.45, 7) is 5.38. The maximum atomic E-state index is 13.9. The first kappa shape index (κ1) is 29.0. The van der Waals surface area contributed by atoms with Crippen molar-refractivity contribution < 1.29 is 29.3 Å². The van der Waals surface area contributed by atoms with Gasteiger partial charge in [-0.1, -0.05) is 49.4 Å². The van der Waals surface area contributed by atoms with Crippen molar-refractivity contribution in [2.24, 2.45) is 28.6 Å². The Bertz CT molecular complexity index is 1540. The summed E-state index contributed by atoms with van der Waals surface area (Å²) in [5.41, 5.74) is 5.88. The van der Waals surface area contributed by atoms with Gasteiger partial charge >= 0.3 is 0 Å². The molecular formula is C35H39NO6S. The van der Waals surface area contributed by atoms with Crippen LogP contribution in [0.4, 0.5) is 5.69 Å². The minimum atomic E-state index is -1.39. The zero-order valence-electron chi connectivity index (χ0n) is 24.8. The van der Waals surface area contributed by atoms with E-state index < -0.39 is 46.8 Å². The van der Waals surface area contributed by atoms with Gasteiger partial charge in [0.25, 0.3) is 0 Å². The number of ether oxygens (including phenoxy) is 2. The number of Topliss-reactive ketones (excluding diaryl/α,β-unsaturated/α-hetero) is 1. The molecule has 226 valence electrons. The van der Waals surface area contributed by atoms with Crippen molar-refractivity contribution in [3.8, 4) is 0 Å². The Morgan fingerprint density at radius 2 is 1.74 bits per heavy atom. The molecule has 0 radical (unpaired) electrons. The molecule has 4 fully saturated rings. The number of carbonyl (C=O) groups is 2. The summed E-state index contributed by atoms with van der Waals surface area (Å²) in [5, 5.41) is 22.2. The number of hydrogen-bond acceptors (Lipinski definition) is 8. The molecule has 4 N–H and O–H groups in total. The number of hydrogen-bond donors (Lipinski definition) is 3. The van der Waals surface area contributed by atoms with Crippen LogP contribution in [0.3, 0.4) is 0 Å². The molecule has 0 spiro atoms. The summed E-state index contributed by atoms with van der Waals surface area (Å²) in [4.78, 5) is 28.2. The van der Waals surface area contributed by atoms with E-state index in [1.54, 1.807) is 23.9 Å². The van der Waals surface area contributed by atoms with Crippen LogP contribution in [0.25, 0.3) is 0 Å². The largest absolute Gasteiger partial charge is 0.399 e. The topological polar surface area (TPSA) is 119 Å². The number of aliphatic hydroxyl groups excluding tert-OH is 2. The van der Waals surface area contributed by atoms with E-state index in [4.69, 9.17) is 15.2 Å². The van der Waals surface area contributed by atoms with Gasteiger partial charge in [0.15, 0.2) is 23.0 Å². The number of allylic oxidation sites excluding steroid dienone is 4. The first-order valence-corrected chi connectivity index (χ1v) is 16.0. The molecule has 1 heterocycles. The standard InChI is InChI=1S/C35H39NO6S/c1-32-15-14-23(38)16-21(32)6-13-26-27-17-30-35(29(40)19-37,33(27,2)18-28(39)31(26)32)42-34(3,41-30)20-4-9-24(10-5-20)43-25-11-7-22(36)8-12-25/h4-5,7-12,14-16,26-28,30-31,37,39H,6,13,17-19,36H2,1-3H3/t26-,27?,28-,30+,31?,32-,33-,34-,35+/m0/s1. The van der Waals surface area contributed by atoms with Gasteiger partial charge in [-0.15, -0.1) is 0 Å². The van der Waals surface area contributed by atoms with Crippen molar-refractivity contribution in [3.63, 3.8) is 0 Å². The molecule has 0 amide bonds. The Morgan fingerprint density at radius 3 is 2.42 bits per heavy atom. The Kier molecular flexibility index (Phi) is 6.66. The van der Waals surface area contributed by atoms with Crippen LogP contribution in [0.2, 0.25) is 0 Å². The summed E-state index contributed by atoms with van der Waals surface area (Å²) >= 11 is 1.62. The average Bonchev–Trinajstić information content (AvgIpc) is 3.42. The van der Waals surface area contributed by atoms with Gasteiger partial charge in [0.1, 0.15) is 6.61 Å². The summed E-state index contributed by atoms with van der Waals surface area (Å²) in [5.74, 6) is -1.50. The van der Waals surface area contributed by atoms with Gasteiger partial charge in [-0.3, -0.25) is 9.59 Å². The number of nitrogen functional groups attached to an aromatic ring is 1. The number of carbonyl (C=O) groups excluding carboxylic acids is 2. The van der Waals surface area contributed by atoms with Crippen molar-refractivity contribution in [1.29, 1.82) is 0 Å². The molecule has 43 heavy (non-hydrogen) atoms. The zero-order valence-corrected chi connectivity index (χ0v) is 25.6. The molecular weight excluding hydrogens is 562 g/mol. The van der Waals surface area contributed by atoms with Crippen LogP contribution in [0.1, 0.15) is 52.0 Å². The lowest BCUT2D eigenvalue weighted by molar-refractivity contribution is -0.237. The minimum absolute atomic E-state index is 0.00178. The fourth-order valence-electron chi connectivity index (χ4n) is 9.51. The number of aliphatic hydroxyl groups is 2. The molecule has 0 aromatic heterocycles. The SMILES string of the molecule is C[C@]1(c2ccc(Sc3ccc(N)cc3)cc2)O[C@@H]2CC3[C@@H]4CCC5=CC(=O)C=C[C@]5(C)C4[C@@H](O)C[C@]3(C)[C@]2(C(=O)CO)O1. The van der Waals surface area contributed by atoms with Crippen LogP contribution in [-0.2, 0) is 24.8 Å². The third-order valence-corrected chi connectivity index (χ3v) is 12.4. The van der Waals surface area contributed by atoms with E-state index in [1.807, 2.05) is 61.5 Å². The fourth-order valence-corrected chi connectivity index (χ4v) is 10.3. The molecule has 3 saturated carbocycles. The summed E-state index contributed by atoms with van der Waals surface area (Å²) in [7, 11) is 0. The third kappa shape index (κ3) is 4.10. The summed E-state index contributed by atoms with van der Waals surface area (Å²) < 4.78 is 13.6. The monoisotopic (exact) mass is 601 g/mol. The highest BCUT2D eigenvalue weighted by Crippen LogP contribution is 2.71. The number of ketones is 2. The fraction of sp³-hybridized carbons (Fsp3) is 0.486. The van der Waals surface area contributed by atoms with Gasteiger partial charge in [-0.05, 0) is 93.0 Å². The second kappa shape index (κ2) is 9.88. The van der Waals surface area contributed by atoms with Gasteiger partial charge in [0.05, 0.1) is 12.2 Å². The smallest absolute Gasteiger partial charge is 0.193 e. The molecule has 8 heteroatoms. The minimum Gasteiger partial charge on any atom is -0.399 e. The molecule has 5 aliphatic rings. The van der Waals surface area contributed by atoms with Crippen molar-refractivity contribution in [1.82, 2.24) is 0 Å². The maximum Gasteiger partial charge on any atom is 0.193 e. The van der Waals surface area contributed by atoms with E-state index in [0.717, 1.165) is 39.5 Å². The van der Waals surface area contributed by atoms with Gasteiger partial charge in [-0.2, -0.15) is 0 Å². The van der Waals surface area contributed by atoms with E-state index >= 15 is 0 Å². The van der Waals surface area contributed by atoms with Crippen LogP contribution in [0.5, 0.6) is 0 Å². The van der Waals surface area contributed by atoms with Crippen LogP contribution >= 0.6 is 11.8 Å². The lowest BCUT2D eigenvalue weighted by Gasteiger charge is -2.60. The maximum absolute atomic E-state index is 13.9. The average molecular weight is 602 g/mol. The first-order chi connectivity index (χ1) is 20.4. The van der Waals surface area contributed by atoms with Crippen LogP contribution in [0.15, 0.2) is 82.1 Å². The molecule has 7 rings (SSSR count). The summed E-state index contributed by atoms with van der Waals surface area (Å²) in [6.07, 6.45) is 6.64. The van der Waals surface area contributed by atoms with Crippen molar-refractivity contribution in [3.05, 3.63) is 77.9 Å². The van der Waals surface area contributed by atoms with E-state index in [-0.39, 0.29) is 23.5 Å². The molecule has 2 unspecified atom stereocenters. The molecule has 0 bridgehead atoms. The Morgan fingerprint density at radius 1 is 1.07 bits per heavy atom. The lowest BCUT2D eigenvalue weighted by atomic mass is 9.46. The van der Waals surface area contributed by atoms with Crippen LogP contribution < -0.4 is 5.73 Å². The van der Waals surface area contributed by atoms with Gasteiger partial charge < -0.3 is 25.4 Å². The Labute approximate surface area is 256 Å². The normalized spacial score (nSPS) is 41.2. The van der Waals surface area contributed by atoms with E-state index in [9.17, 15) is 19.8 Å². The number of nitrogens with two attached hydrogens (primary N) is 1. The molecule has 7 nitrogen and oxygen atoms in total. The second-order valence-electron chi connectivity index (χ2n) is 13.6. The van der Waals surface area contributed by atoms with E-state index in [1.165, 1.54) is 0 Å². The Hall–Kier alpha value is -2.75. The highest BCUT2D eigenvalue weighted by Gasteiger charge is 2.77. The zero-order chi connectivity index (χ0) is 30.4. The molecule has 2 aromatic carbocycles. The van der Waals surface area contributed by atoms with Crippen LogP contribution in [0, 0.1) is 28.6 Å². The predicted molar refractivity (Wildman–Crippen MR) is 163 cm³/mol. The number of rotatable bonds is 5. The van der Waals surface area contributed by atoms with Gasteiger partial charge in [-0.25, -0.2) is 0 Å². The lowest BCUT2D eigenvalue weighted by Crippen LogP contribution is -2.63.